The number of ketones is 1. The molecular weight excluding hydrogens is 530 g/mol. The molecule has 4 aromatic rings. The fourth-order valence-electron chi connectivity index (χ4n) is 4.44. The highest BCUT2D eigenvalue weighted by atomic mass is 16.6. The van der Waals surface area contributed by atoms with Crippen molar-refractivity contribution in [2.24, 2.45) is 0 Å². The number of nitrogens with one attached hydrogen (secondary N) is 2. The first-order chi connectivity index (χ1) is 19.9. The summed E-state index contributed by atoms with van der Waals surface area (Å²) in [5.41, 5.74) is 1.75. The van der Waals surface area contributed by atoms with E-state index in [4.69, 9.17) is 4.74 Å². The fourth-order valence-corrected chi connectivity index (χ4v) is 4.44. The van der Waals surface area contributed by atoms with Crippen molar-refractivity contribution in [2.75, 3.05) is 17.2 Å². The summed E-state index contributed by atoms with van der Waals surface area (Å²) in [4.78, 5) is 42.3. The van der Waals surface area contributed by atoms with E-state index < -0.39 is 17.1 Å². The van der Waals surface area contributed by atoms with Gasteiger partial charge >= 0.3 is 11.9 Å². The highest BCUT2D eigenvalue weighted by molar-refractivity contribution is 6.12. The third kappa shape index (κ3) is 7.81. The second kappa shape index (κ2) is 12.7. The van der Waals surface area contributed by atoms with E-state index in [2.05, 4.69) is 15.6 Å². The van der Waals surface area contributed by atoms with Crippen molar-refractivity contribution >= 4 is 29.2 Å². The first kappa shape index (κ1) is 30.0. The number of esters is 1. The Hall–Kier alpha value is -4.98. The average Bonchev–Trinajstić information content (AvgIpc) is 2.96. The van der Waals surface area contributed by atoms with Gasteiger partial charge in [-0.05, 0) is 57.5 Å². The number of carbonyl (C=O) groups is 3. The first-order valence-electron chi connectivity index (χ1n) is 13.7. The zero-order valence-electron chi connectivity index (χ0n) is 24.2. The van der Waals surface area contributed by atoms with Crippen LogP contribution in [-0.2, 0) is 20.7 Å². The Labute approximate surface area is 245 Å². The molecule has 8 heteroatoms. The summed E-state index contributed by atoms with van der Waals surface area (Å²) in [5.74, 6) is -1.07. The van der Waals surface area contributed by atoms with Gasteiger partial charge in [-0.15, -0.1) is 0 Å². The maximum absolute atomic E-state index is 13.2. The Morgan fingerprint density at radius 1 is 0.810 bits per heavy atom. The lowest BCUT2D eigenvalue weighted by molar-refractivity contribution is -0.152. The van der Waals surface area contributed by atoms with E-state index in [-0.39, 0.29) is 24.7 Å². The van der Waals surface area contributed by atoms with Crippen LogP contribution in [0.25, 0.3) is 11.3 Å². The molecule has 4 rings (SSSR count). The number of hydrogen-bond acceptors (Lipinski definition) is 7. The number of ether oxygens (including phenoxy) is 1. The molecule has 1 unspecified atom stereocenters. The standard InChI is InChI=1S/C34H35N3O5/c1-33(2,3)42-30(38)22-35-29-16-10-15-27(36-29)24-19-17-23(18-20-24)21-34(4,32(40)41)37-28-14-9-8-13-26(28)31(39)25-11-6-5-7-12-25/h5-20,37H,21-22H2,1-4H3,(H,35,36)(H,40,41). The number of rotatable bonds is 11. The minimum absolute atomic E-state index is 0.00644. The molecule has 216 valence electrons. The molecule has 0 aliphatic rings. The van der Waals surface area contributed by atoms with Crippen LogP contribution in [0.15, 0.2) is 97.1 Å². The monoisotopic (exact) mass is 565 g/mol. The van der Waals surface area contributed by atoms with Gasteiger partial charge in [0.2, 0.25) is 0 Å². The molecule has 0 radical (unpaired) electrons. The summed E-state index contributed by atoms with van der Waals surface area (Å²) in [6.45, 7) is 7.04. The van der Waals surface area contributed by atoms with Crippen molar-refractivity contribution in [3.63, 3.8) is 0 Å². The Balaban J connectivity index is 1.48. The van der Waals surface area contributed by atoms with E-state index in [9.17, 15) is 19.5 Å². The number of carboxylic acids is 1. The van der Waals surface area contributed by atoms with Crippen LogP contribution in [0.2, 0.25) is 0 Å². The molecule has 1 heterocycles. The van der Waals surface area contributed by atoms with Crippen LogP contribution in [0, 0.1) is 0 Å². The maximum atomic E-state index is 13.2. The molecule has 0 saturated carbocycles. The van der Waals surface area contributed by atoms with Gasteiger partial charge < -0.3 is 20.5 Å². The van der Waals surface area contributed by atoms with Crippen LogP contribution in [-0.4, -0.2) is 45.5 Å². The van der Waals surface area contributed by atoms with Crippen molar-refractivity contribution in [3.8, 4) is 11.3 Å². The fraction of sp³-hybridized carbons (Fsp3) is 0.235. The van der Waals surface area contributed by atoms with E-state index >= 15 is 0 Å². The number of benzene rings is 3. The van der Waals surface area contributed by atoms with Gasteiger partial charge in [-0.1, -0.05) is 72.8 Å². The van der Waals surface area contributed by atoms with E-state index in [1.807, 2.05) is 63.2 Å². The minimum atomic E-state index is -1.39. The molecule has 0 bridgehead atoms. The van der Waals surface area contributed by atoms with Crippen molar-refractivity contribution in [1.82, 2.24) is 4.98 Å². The molecule has 1 atom stereocenters. The molecule has 0 fully saturated rings. The zero-order chi connectivity index (χ0) is 30.3. The number of carboxylic acid groups (broad SMARTS) is 1. The van der Waals surface area contributed by atoms with Gasteiger partial charge in [-0.25, -0.2) is 9.78 Å². The summed E-state index contributed by atoms with van der Waals surface area (Å²) in [5, 5.41) is 16.3. The highest BCUT2D eigenvalue weighted by Crippen LogP contribution is 2.27. The molecule has 0 spiro atoms. The van der Waals surface area contributed by atoms with Crippen molar-refractivity contribution in [3.05, 3.63) is 114 Å². The van der Waals surface area contributed by atoms with Crippen LogP contribution in [0.3, 0.4) is 0 Å². The summed E-state index contributed by atoms with van der Waals surface area (Å²) in [7, 11) is 0. The number of nitrogens with zero attached hydrogens (tertiary/aromatic N) is 1. The Bertz CT molecular complexity index is 1560. The van der Waals surface area contributed by atoms with Gasteiger partial charge in [0.05, 0.1) is 5.69 Å². The molecule has 42 heavy (non-hydrogen) atoms. The number of pyridine rings is 1. The van der Waals surface area contributed by atoms with Crippen LogP contribution >= 0.6 is 0 Å². The Morgan fingerprint density at radius 2 is 1.48 bits per heavy atom. The van der Waals surface area contributed by atoms with E-state index in [0.29, 0.717) is 28.3 Å². The Morgan fingerprint density at radius 3 is 2.14 bits per heavy atom. The number of aromatic nitrogens is 1. The van der Waals surface area contributed by atoms with Crippen molar-refractivity contribution < 1.29 is 24.2 Å². The molecular formula is C34H35N3O5. The molecule has 8 nitrogen and oxygen atoms in total. The van der Waals surface area contributed by atoms with Crippen LogP contribution < -0.4 is 10.6 Å². The highest BCUT2D eigenvalue weighted by Gasteiger charge is 2.34. The number of carbonyl (C=O) groups excluding carboxylic acids is 2. The Kier molecular flexibility index (Phi) is 9.06. The third-order valence-electron chi connectivity index (χ3n) is 6.48. The molecule has 0 aliphatic heterocycles. The topological polar surface area (TPSA) is 118 Å². The normalized spacial score (nSPS) is 12.6. The lowest BCUT2D eigenvalue weighted by Gasteiger charge is -2.29. The quantitative estimate of drug-likeness (QED) is 0.145. The molecule has 0 aliphatic carbocycles. The van der Waals surface area contributed by atoms with Crippen LogP contribution in [0.5, 0.6) is 0 Å². The predicted octanol–water partition coefficient (Wildman–Crippen LogP) is 6.23. The predicted molar refractivity (Wildman–Crippen MR) is 164 cm³/mol. The van der Waals surface area contributed by atoms with Gasteiger partial charge in [0.1, 0.15) is 23.5 Å². The summed E-state index contributed by atoms with van der Waals surface area (Å²) >= 11 is 0. The van der Waals surface area contributed by atoms with Gasteiger partial charge in [0, 0.05) is 28.8 Å². The summed E-state index contributed by atoms with van der Waals surface area (Å²) < 4.78 is 5.33. The van der Waals surface area contributed by atoms with E-state index in [1.165, 1.54) is 0 Å². The zero-order valence-corrected chi connectivity index (χ0v) is 24.2. The second-order valence-electron chi connectivity index (χ2n) is 11.2. The van der Waals surface area contributed by atoms with Gasteiger partial charge in [0.25, 0.3) is 0 Å². The SMILES string of the molecule is CC(C)(C)OC(=O)CNc1cccc(-c2ccc(CC(C)(Nc3ccccc3C(=O)c3ccccc3)C(=O)O)cc2)n1. The van der Waals surface area contributed by atoms with E-state index in [0.717, 1.165) is 11.1 Å². The summed E-state index contributed by atoms with van der Waals surface area (Å²) in [6.07, 6.45) is 0.168. The van der Waals surface area contributed by atoms with Crippen LogP contribution in [0.1, 0.15) is 49.2 Å². The number of hydrogen-bond donors (Lipinski definition) is 3. The summed E-state index contributed by atoms with van der Waals surface area (Å²) in [6, 6.07) is 28.8. The molecule has 3 aromatic carbocycles. The third-order valence-corrected chi connectivity index (χ3v) is 6.48. The van der Waals surface area contributed by atoms with Crippen LogP contribution in [0.4, 0.5) is 11.5 Å². The first-order valence-corrected chi connectivity index (χ1v) is 13.7. The van der Waals surface area contributed by atoms with Gasteiger partial charge in [-0.2, -0.15) is 0 Å². The lowest BCUT2D eigenvalue weighted by atomic mass is 9.91. The number of aliphatic carboxylic acids is 1. The molecule has 0 saturated heterocycles. The minimum Gasteiger partial charge on any atom is -0.480 e. The average molecular weight is 566 g/mol. The van der Waals surface area contributed by atoms with Crippen molar-refractivity contribution in [2.45, 2.75) is 45.3 Å². The lowest BCUT2D eigenvalue weighted by Crippen LogP contribution is -2.45. The number of anilines is 2. The smallest absolute Gasteiger partial charge is 0.329 e. The van der Waals surface area contributed by atoms with Crippen molar-refractivity contribution in [1.29, 1.82) is 0 Å². The molecule has 3 N–H and O–H groups in total. The van der Waals surface area contributed by atoms with Gasteiger partial charge in [0.15, 0.2) is 5.78 Å². The van der Waals surface area contributed by atoms with Gasteiger partial charge in [-0.3, -0.25) is 9.59 Å². The largest absolute Gasteiger partial charge is 0.480 e. The van der Waals surface area contributed by atoms with E-state index in [1.54, 1.807) is 61.5 Å². The molecule has 1 aromatic heterocycles. The number of para-hydroxylation sites is 1. The molecule has 0 amide bonds. The second-order valence-corrected chi connectivity index (χ2v) is 11.2. The maximum Gasteiger partial charge on any atom is 0.329 e.